The number of nitrogens with zero attached hydrogens (tertiary/aromatic N) is 2. The summed E-state index contributed by atoms with van der Waals surface area (Å²) in [7, 11) is -4.45. The molecule has 0 bridgehead atoms. The first kappa shape index (κ1) is 66.1. The molecule has 467 valence electrons. The molecule has 18 heteroatoms. The average Bonchev–Trinajstić information content (AvgIpc) is 1.62. The Hall–Kier alpha value is -6.28. The number of allylic oxidation sites excluding steroid dienone is 2. The van der Waals surface area contributed by atoms with E-state index in [1.807, 2.05) is 42.6 Å². The van der Waals surface area contributed by atoms with E-state index in [1.54, 1.807) is 30.3 Å². The van der Waals surface area contributed by atoms with Crippen molar-refractivity contribution in [1.29, 1.82) is 0 Å². The molecule has 3 aromatic heterocycles. The summed E-state index contributed by atoms with van der Waals surface area (Å²) in [5.74, 6) is -4.54. The number of hydrogen-bond acceptors (Lipinski definition) is 5. The minimum Gasteiger partial charge on any atom is -0.512 e. The van der Waals surface area contributed by atoms with Crippen molar-refractivity contribution in [1.82, 2.24) is 9.97 Å². The van der Waals surface area contributed by atoms with Crippen molar-refractivity contribution in [3.05, 3.63) is 187 Å². The minimum absolute atomic E-state index is 0. The predicted molar refractivity (Wildman–Crippen MR) is 350 cm³/mol. The van der Waals surface area contributed by atoms with Gasteiger partial charge in [-0.2, -0.15) is 39.5 Å². The quantitative estimate of drug-likeness (QED) is 0.0365. The average molecular weight is 1460 g/mol. The van der Waals surface area contributed by atoms with E-state index in [0.717, 1.165) is 44.8 Å². The number of carbonyl (C=O) groups is 1. The van der Waals surface area contributed by atoms with Crippen LogP contribution in [0.3, 0.4) is 0 Å². The van der Waals surface area contributed by atoms with Gasteiger partial charge in [0.25, 0.3) is 0 Å². The minimum atomic E-state index is -4.77. The van der Waals surface area contributed by atoms with Crippen molar-refractivity contribution in [3.8, 4) is 55.2 Å². The molecule has 0 saturated heterocycles. The van der Waals surface area contributed by atoms with Crippen LogP contribution >= 0.6 is 11.3 Å². The molecule has 3 heterocycles. The van der Waals surface area contributed by atoms with Crippen molar-refractivity contribution in [2.24, 2.45) is 11.8 Å². The van der Waals surface area contributed by atoms with Crippen molar-refractivity contribution in [2.45, 2.75) is 124 Å². The summed E-state index contributed by atoms with van der Waals surface area (Å²) in [6.07, 6.45) is -13.5. The number of aromatic nitrogens is 2. The smallest absolute Gasteiger partial charge is 0.418 e. The molecule has 4 nitrogen and oxygen atoms in total. The molecule has 88 heavy (non-hydrogen) atoms. The van der Waals surface area contributed by atoms with Crippen LogP contribution in [0, 0.1) is 30.8 Å². The van der Waals surface area contributed by atoms with Crippen molar-refractivity contribution >= 4 is 77.8 Å². The number of alkyl halides is 9. The zero-order chi connectivity index (χ0) is 66.5. The van der Waals surface area contributed by atoms with E-state index < -0.39 is 91.4 Å². The molecule has 0 saturated carbocycles. The number of fused-ring (bicyclic) bond motifs is 2. The maximum Gasteiger partial charge on any atom is 0.418 e. The number of rotatable bonds is 15. The van der Waals surface area contributed by atoms with Crippen LogP contribution in [0.25, 0.3) is 76.1 Å². The van der Waals surface area contributed by atoms with Gasteiger partial charge in [0.2, 0.25) is 0 Å². The van der Waals surface area contributed by atoms with Gasteiger partial charge in [0, 0.05) is 75.2 Å². The third-order valence-corrected chi connectivity index (χ3v) is 22.4. The summed E-state index contributed by atoms with van der Waals surface area (Å²) in [6, 6.07) is 54.0. The van der Waals surface area contributed by atoms with Gasteiger partial charge in [0.15, 0.2) is 5.78 Å². The molecule has 0 spiro atoms. The van der Waals surface area contributed by atoms with Crippen LogP contribution in [0.5, 0.6) is 0 Å². The molecule has 1 radical (unpaired) electrons. The maximum absolute atomic E-state index is 14.2. The summed E-state index contributed by atoms with van der Waals surface area (Å²) < 4.78 is 141. The summed E-state index contributed by atoms with van der Waals surface area (Å²) in [5, 5.41) is 15.3. The third kappa shape index (κ3) is 18.4. The monoisotopic (exact) mass is 1460 g/mol. The summed E-state index contributed by atoms with van der Waals surface area (Å²) >= 11 is 1.04. The van der Waals surface area contributed by atoms with E-state index in [9.17, 15) is 49.4 Å². The van der Waals surface area contributed by atoms with E-state index >= 15 is 0 Å². The van der Waals surface area contributed by atoms with Gasteiger partial charge in [-0.05, 0) is 59.3 Å². The number of ketones is 1. The second kappa shape index (κ2) is 28.7. The topological polar surface area (TPSA) is 63.1 Å². The molecule has 9 rings (SSSR count). The Morgan fingerprint density at radius 3 is 1.70 bits per heavy atom. The molecular formula is C70H73F9IrN2O2SSi3-2. The number of carbonyl (C=O) groups excluding carboxylic acids is 1. The maximum atomic E-state index is 14.2. The number of aliphatic hydroxyl groups is 1. The first-order valence-electron chi connectivity index (χ1n) is 30.1. The van der Waals surface area contributed by atoms with E-state index in [0.29, 0.717) is 27.8 Å². The van der Waals surface area contributed by atoms with E-state index in [4.69, 9.17) is 4.11 Å². The van der Waals surface area contributed by atoms with Gasteiger partial charge >= 0.3 is 18.5 Å². The van der Waals surface area contributed by atoms with Gasteiger partial charge < -0.3 is 10.1 Å². The van der Waals surface area contributed by atoms with E-state index in [2.05, 4.69) is 154 Å². The fraction of sp³-hybridized carbons (Fsp3) is 0.300. The SMILES string of the molecule is CCC(CC(F)(F)F)C(=O)/C=C(\O)C(CC)CC(F)(F)F.C[Si](C)(C)c1ccc(-c2cc[c-]c(-c3cc(-c4ccc([Si](C)(C)C)cc4)ccn3)c2)cc1.[2H]C([2H])([2H])c1c(-c2ccccc2)sc2c(-c3[c-]c4ccccc4c([Si](C)(C)C)c3)ncc(C(F)(F)F)c12.[Ir]. The van der Waals surface area contributed by atoms with Crippen LogP contribution in [-0.2, 0) is 31.1 Å². The predicted octanol–water partition coefficient (Wildman–Crippen LogP) is 20.4. The van der Waals surface area contributed by atoms with Crippen LogP contribution in [0.2, 0.25) is 58.9 Å². The Kier molecular flexibility index (Phi) is 21.6. The van der Waals surface area contributed by atoms with Crippen LogP contribution < -0.4 is 15.6 Å². The van der Waals surface area contributed by atoms with Crippen molar-refractivity contribution in [2.75, 3.05) is 0 Å². The molecule has 0 aliphatic heterocycles. The van der Waals surface area contributed by atoms with Crippen LogP contribution in [-0.4, -0.2) is 57.4 Å². The molecular weight excluding hydrogens is 1380 g/mol. The Morgan fingerprint density at radius 1 is 0.636 bits per heavy atom. The molecule has 0 aliphatic rings. The fourth-order valence-corrected chi connectivity index (χ4v) is 15.2. The first-order valence-corrected chi connectivity index (χ1v) is 39.9. The molecule has 0 amide bonds. The van der Waals surface area contributed by atoms with Crippen LogP contribution in [0.15, 0.2) is 164 Å². The number of thiophene rings is 1. The first-order chi connectivity index (χ1) is 41.8. The van der Waals surface area contributed by atoms with E-state index in [-0.39, 0.29) is 48.6 Å². The summed E-state index contributed by atoms with van der Waals surface area (Å²) in [5.41, 5.74) is 6.94. The number of halogens is 9. The largest absolute Gasteiger partial charge is 0.512 e. The van der Waals surface area contributed by atoms with Crippen LogP contribution in [0.4, 0.5) is 39.5 Å². The number of benzene rings is 6. The Balaban J connectivity index is 0.000000225. The fourth-order valence-electron chi connectivity index (χ4n) is 10.0. The summed E-state index contributed by atoms with van der Waals surface area (Å²) in [6.45, 7) is 20.9. The van der Waals surface area contributed by atoms with E-state index in [1.165, 1.54) is 46.5 Å². The third-order valence-electron chi connectivity index (χ3n) is 15.0. The summed E-state index contributed by atoms with van der Waals surface area (Å²) in [4.78, 5) is 20.9. The van der Waals surface area contributed by atoms with Gasteiger partial charge in [-0.1, -0.05) is 197 Å². The zero-order valence-corrected chi connectivity index (χ0v) is 57.1. The molecule has 1 N–H and O–H groups in total. The second-order valence-electron chi connectivity index (χ2n) is 24.7. The van der Waals surface area contributed by atoms with Gasteiger partial charge in [-0.15, -0.1) is 75.5 Å². The molecule has 0 aliphatic carbocycles. The standard InChI is InChI=1S/C29H32NSi2.C28H23F3NSSi.C13H18F6O2.Ir/c1-31(2,3)27-14-10-22(11-15-27)24-8-7-9-26(20-24)29-21-25(18-19-30-29)23-12-16-28(17-13-23)32(4,5)6;1-17-24-22(28(29,30)31)16-32-25(27(24)33-26(17)18-10-6-5-7-11-18)20-14-19-12-8-9-13-21(19)23(15-20)34(2,3)4;1-3-8(6-12(14,15)16)10(20)5-11(21)9(4-2)7-13(17,18)19;/h7-8,10-21H,1-6H3;5-13,15-16H,1-4H3;5,8-9,20H,3-4,6-7H2,1-2H3;/q2*-1;;/b;;10-5-;/i;1D3;;. The van der Waals surface area contributed by atoms with Gasteiger partial charge in [-0.3, -0.25) is 9.78 Å². The Morgan fingerprint density at radius 2 is 1.18 bits per heavy atom. The number of aryl methyl sites for hydroxylation is 1. The van der Waals surface area contributed by atoms with Crippen molar-refractivity contribution < 1.29 is 73.6 Å². The molecule has 2 atom stereocenters. The normalized spacial score (nSPS) is 13.9. The van der Waals surface area contributed by atoms with Gasteiger partial charge in [0.05, 0.1) is 48.4 Å². The number of hydrogen-bond donors (Lipinski definition) is 1. The van der Waals surface area contributed by atoms with Crippen molar-refractivity contribution in [3.63, 3.8) is 0 Å². The Bertz CT molecular complexity index is 3890. The zero-order valence-electron chi connectivity index (χ0n) is 53.9. The van der Waals surface area contributed by atoms with Gasteiger partial charge in [0.1, 0.15) is 0 Å². The Labute approximate surface area is 536 Å². The molecule has 6 aromatic carbocycles. The van der Waals surface area contributed by atoms with Crippen LogP contribution in [0.1, 0.15) is 54.8 Å². The van der Waals surface area contributed by atoms with Gasteiger partial charge in [-0.25, -0.2) is 0 Å². The molecule has 9 aromatic rings. The number of pyridine rings is 2. The number of aliphatic hydroxyl groups excluding tert-OH is 1. The molecule has 0 fully saturated rings. The second-order valence-corrected chi connectivity index (χ2v) is 40.9. The molecule has 2 unspecified atom stereocenters.